The van der Waals surface area contributed by atoms with Gasteiger partial charge >= 0.3 is 0 Å². The van der Waals surface area contributed by atoms with Crippen molar-refractivity contribution in [3.05, 3.63) is 50.1 Å². The number of hydrogen-bond donors (Lipinski definition) is 2. The second kappa shape index (κ2) is 5.67. The van der Waals surface area contributed by atoms with Crippen LogP contribution in [0.4, 0.5) is 5.13 Å². The fourth-order valence-electron chi connectivity index (χ4n) is 2.20. The Morgan fingerprint density at radius 3 is 2.71 bits per heavy atom. The molecule has 1 aromatic carbocycles. The molecule has 3 rings (SSSR count). The van der Waals surface area contributed by atoms with Crippen LogP contribution in [0.15, 0.2) is 29.5 Å². The Kier molecular flexibility index (Phi) is 3.89. The number of benzene rings is 1. The number of nitrogens with two attached hydrogens (primary N) is 1. The van der Waals surface area contributed by atoms with E-state index in [-0.39, 0.29) is 5.76 Å². The number of aromatic nitrogens is 2. The molecule has 1 heterocycles. The third kappa shape index (κ3) is 2.90. The predicted octanol–water partition coefficient (Wildman–Crippen LogP) is 4.57. The molecule has 0 spiro atoms. The number of halogens is 2. The lowest BCUT2D eigenvalue weighted by molar-refractivity contribution is 0.429. The Labute approximate surface area is 135 Å². The molecule has 0 saturated heterocycles. The fourth-order valence-corrected chi connectivity index (χ4v) is 3.35. The Morgan fingerprint density at radius 1 is 1.24 bits per heavy atom. The Hall–Kier alpha value is -1.56. The van der Waals surface area contributed by atoms with Crippen molar-refractivity contribution in [1.29, 1.82) is 0 Å². The molecule has 1 aliphatic carbocycles. The molecule has 0 amide bonds. The van der Waals surface area contributed by atoms with Gasteiger partial charge in [0.25, 0.3) is 0 Å². The lowest BCUT2D eigenvalue weighted by atomic mass is 10.1. The highest BCUT2D eigenvalue weighted by molar-refractivity contribution is 7.16. The van der Waals surface area contributed by atoms with E-state index in [0.717, 1.165) is 23.1 Å². The molecule has 1 aliphatic rings. The zero-order valence-electron chi connectivity index (χ0n) is 10.8. The lowest BCUT2D eigenvalue weighted by Crippen LogP contribution is -1.86. The minimum atomic E-state index is 0.233. The van der Waals surface area contributed by atoms with Crippen molar-refractivity contribution in [2.45, 2.75) is 12.8 Å². The third-order valence-corrected chi connectivity index (χ3v) is 4.60. The smallest absolute Gasteiger partial charge is 0.203 e. The minimum Gasteiger partial charge on any atom is -0.507 e. The number of nitrogen functional groups attached to an aromatic ring is 1. The summed E-state index contributed by atoms with van der Waals surface area (Å²) in [6.45, 7) is 0. The summed E-state index contributed by atoms with van der Waals surface area (Å²) in [6, 6.07) is 5.27. The summed E-state index contributed by atoms with van der Waals surface area (Å²) in [6.07, 6.45) is 3.29. The van der Waals surface area contributed by atoms with E-state index in [0.29, 0.717) is 26.6 Å². The van der Waals surface area contributed by atoms with Crippen molar-refractivity contribution in [1.82, 2.24) is 10.2 Å². The van der Waals surface area contributed by atoms with Gasteiger partial charge in [-0.25, -0.2) is 0 Å². The Balaban J connectivity index is 1.97. The van der Waals surface area contributed by atoms with Gasteiger partial charge in [-0.15, -0.1) is 10.2 Å². The van der Waals surface area contributed by atoms with Crippen molar-refractivity contribution in [3.8, 4) is 0 Å². The van der Waals surface area contributed by atoms with Gasteiger partial charge in [-0.2, -0.15) is 0 Å². The van der Waals surface area contributed by atoms with E-state index in [9.17, 15) is 5.11 Å². The molecular formula is C14H11Cl2N3OS. The van der Waals surface area contributed by atoms with E-state index < -0.39 is 0 Å². The first-order chi connectivity index (χ1) is 10.0. The van der Waals surface area contributed by atoms with Gasteiger partial charge in [0.15, 0.2) is 0 Å². The molecule has 0 fully saturated rings. The van der Waals surface area contributed by atoms with Crippen LogP contribution in [0.5, 0.6) is 0 Å². The van der Waals surface area contributed by atoms with Crippen LogP contribution in [0.1, 0.15) is 23.4 Å². The highest BCUT2D eigenvalue weighted by atomic mass is 35.5. The molecule has 0 radical (unpaired) electrons. The normalized spacial score (nSPS) is 17.0. The van der Waals surface area contributed by atoms with Gasteiger partial charge in [-0.3, -0.25) is 0 Å². The Morgan fingerprint density at radius 2 is 2.05 bits per heavy atom. The van der Waals surface area contributed by atoms with Gasteiger partial charge in [-0.1, -0.05) is 40.6 Å². The number of hydrogen-bond acceptors (Lipinski definition) is 5. The molecule has 4 nitrogen and oxygen atoms in total. The quantitative estimate of drug-likeness (QED) is 0.840. The predicted molar refractivity (Wildman–Crippen MR) is 87.5 cm³/mol. The Bertz CT molecular complexity index is 767. The van der Waals surface area contributed by atoms with E-state index in [1.807, 2.05) is 12.1 Å². The topological polar surface area (TPSA) is 72.0 Å². The number of allylic oxidation sites excluding steroid dienone is 2. The molecule has 0 bridgehead atoms. The molecule has 3 N–H and O–H groups in total. The summed E-state index contributed by atoms with van der Waals surface area (Å²) in [5.74, 6) is 0.233. The van der Waals surface area contributed by atoms with Crippen LogP contribution in [0, 0.1) is 0 Å². The van der Waals surface area contributed by atoms with E-state index >= 15 is 0 Å². The molecule has 2 aromatic rings. The zero-order chi connectivity index (χ0) is 15.0. The first kappa shape index (κ1) is 14.4. The number of anilines is 1. The van der Waals surface area contributed by atoms with Crippen LogP contribution < -0.4 is 5.73 Å². The molecule has 0 aliphatic heterocycles. The maximum atomic E-state index is 10.4. The maximum Gasteiger partial charge on any atom is 0.203 e. The van der Waals surface area contributed by atoms with Crippen molar-refractivity contribution in [2.75, 3.05) is 5.73 Å². The van der Waals surface area contributed by atoms with Crippen molar-refractivity contribution in [2.24, 2.45) is 0 Å². The zero-order valence-corrected chi connectivity index (χ0v) is 13.1. The molecule has 0 saturated carbocycles. The molecular weight excluding hydrogens is 329 g/mol. The monoisotopic (exact) mass is 339 g/mol. The maximum absolute atomic E-state index is 10.4. The first-order valence-corrected chi connectivity index (χ1v) is 7.79. The van der Waals surface area contributed by atoms with Crippen LogP contribution in [0.2, 0.25) is 10.0 Å². The van der Waals surface area contributed by atoms with Gasteiger partial charge in [0.1, 0.15) is 10.8 Å². The fraction of sp³-hybridized carbons (Fsp3) is 0.143. The molecule has 108 valence electrons. The van der Waals surface area contributed by atoms with Crippen molar-refractivity contribution in [3.63, 3.8) is 0 Å². The lowest BCUT2D eigenvalue weighted by Gasteiger charge is -2.02. The van der Waals surface area contributed by atoms with Gasteiger partial charge in [0.2, 0.25) is 5.13 Å². The van der Waals surface area contributed by atoms with Crippen LogP contribution in [-0.2, 0) is 0 Å². The second-order valence-electron chi connectivity index (χ2n) is 4.61. The van der Waals surface area contributed by atoms with Gasteiger partial charge in [0.05, 0.1) is 0 Å². The molecule has 0 unspecified atom stereocenters. The van der Waals surface area contributed by atoms with E-state index in [1.165, 1.54) is 11.3 Å². The SMILES string of the molecule is Nc1nnc(C2=C(O)C(=Cc3ccc(Cl)cc3Cl)CC2)s1. The largest absolute Gasteiger partial charge is 0.507 e. The van der Waals surface area contributed by atoms with Crippen molar-refractivity contribution >= 4 is 51.3 Å². The third-order valence-electron chi connectivity index (χ3n) is 3.23. The summed E-state index contributed by atoms with van der Waals surface area (Å²) in [5.41, 5.74) is 8.00. The number of rotatable bonds is 2. The molecule has 7 heteroatoms. The summed E-state index contributed by atoms with van der Waals surface area (Å²) in [4.78, 5) is 0. The number of aliphatic hydroxyl groups excluding tert-OH is 1. The van der Waals surface area contributed by atoms with Crippen LogP contribution >= 0.6 is 34.5 Å². The van der Waals surface area contributed by atoms with Crippen LogP contribution in [-0.4, -0.2) is 15.3 Å². The van der Waals surface area contributed by atoms with Crippen molar-refractivity contribution < 1.29 is 5.11 Å². The summed E-state index contributed by atoms with van der Waals surface area (Å²) >= 11 is 13.3. The van der Waals surface area contributed by atoms with Crippen LogP contribution in [0.25, 0.3) is 11.6 Å². The standard InChI is InChI=1S/C14H11Cl2N3OS/c15-9-3-1-7(11(16)6-9)5-8-2-4-10(12(8)20)13-18-19-14(17)21-13/h1,3,5-6,20H,2,4H2,(H2,17,19). The summed E-state index contributed by atoms with van der Waals surface area (Å²) < 4.78 is 0. The average molecular weight is 340 g/mol. The first-order valence-electron chi connectivity index (χ1n) is 6.22. The minimum absolute atomic E-state index is 0.233. The number of aliphatic hydroxyl groups is 1. The second-order valence-corrected chi connectivity index (χ2v) is 6.46. The van der Waals surface area contributed by atoms with Crippen LogP contribution in [0.3, 0.4) is 0 Å². The molecule has 1 aromatic heterocycles. The van der Waals surface area contributed by atoms with Gasteiger partial charge in [0, 0.05) is 15.6 Å². The summed E-state index contributed by atoms with van der Waals surface area (Å²) in [5, 5.41) is 20.3. The van der Waals surface area contributed by atoms with Gasteiger partial charge < -0.3 is 10.8 Å². The van der Waals surface area contributed by atoms with E-state index in [2.05, 4.69) is 10.2 Å². The van der Waals surface area contributed by atoms with E-state index in [1.54, 1.807) is 12.1 Å². The summed E-state index contributed by atoms with van der Waals surface area (Å²) in [7, 11) is 0. The molecule has 21 heavy (non-hydrogen) atoms. The number of nitrogens with zero attached hydrogens (tertiary/aromatic N) is 2. The van der Waals surface area contributed by atoms with Gasteiger partial charge in [-0.05, 0) is 42.2 Å². The average Bonchev–Trinajstić information content (AvgIpc) is 3.00. The highest BCUT2D eigenvalue weighted by Gasteiger charge is 2.23. The van der Waals surface area contributed by atoms with E-state index in [4.69, 9.17) is 28.9 Å². The highest BCUT2D eigenvalue weighted by Crippen LogP contribution is 2.39. The molecule has 0 atom stereocenters.